The molecule has 1 amide bonds. The Morgan fingerprint density at radius 2 is 2.04 bits per heavy atom. The van der Waals surface area contributed by atoms with E-state index in [1.165, 1.54) is 6.07 Å². The zero-order valence-corrected chi connectivity index (χ0v) is 14.4. The van der Waals surface area contributed by atoms with Crippen molar-refractivity contribution in [3.63, 3.8) is 0 Å². The molecule has 4 rings (SSSR count). The van der Waals surface area contributed by atoms with Crippen molar-refractivity contribution in [2.45, 2.75) is 32.2 Å². The van der Waals surface area contributed by atoms with Crippen molar-refractivity contribution in [1.29, 1.82) is 0 Å². The number of aryl methyl sites for hydroxylation is 2. The average Bonchev–Trinajstić information content (AvgIpc) is 3.08. The van der Waals surface area contributed by atoms with Gasteiger partial charge in [0.1, 0.15) is 11.6 Å². The standard InChI is InChI=1S/C20H19FN4O/c1-12-22-19(25-24-12)13-5-7-14(8-6-13)20(26)23-18-4-2-3-15-11-16(21)9-10-17(15)18/h5-11,18H,2-4H2,1H3,(H,23,26)(H,22,24,25). The van der Waals surface area contributed by atoms with Gasteiger partial charge in [-0.1, -0.05) is 18.2 Å². The number of aromatic nitrogens is 3. The molecule has 6 heteroatoms. The van der Waals surface area contributed by atoms with Crippen LogP contribution in [0.5, 0.6) is 0 Å². The fourth-order valence-corrected chi connectivity index (χ4v) is 3.42. The number of aromatic amines is 1. The van der Waals surface area contributed by atoms with Crippen LogP contribution in [0.1, 0.15) is 46.2 Å². The smallest absolute Gasteiger partial charge is 0.251 e. The van der Waals surface area contributed by atoms with Crippen molar-refractivity contribution in [1.82, 2.24) is 20.5 Å². The number of carbonyl (C=O) groups excluding carboxylic acids is 1. The second-order valence-electron chi connectivity index (χ2n) is 6.58. The number of H-pyrrole nitrogens is 1. The van der Waals surface area contributed by atoms with E-state index in [4.69, 9.17) is 0 Å². The van der Waals surface area contributed by atoms with Gasteiger partial charge in [-0.25, -0.2) is 9.37 Å². The number of fused-ring (bicyclic) bond motifs is 1. The number of halogens is 1. The van der Waals surface area contributed by atoms with Crippen LogP contribution in [0.4, 0.5) is 4.39 Å². The van der Waals surface area contributed by atoms with Gasteiger partial charge in [0.25, 0.3) is 5.91 Å². The van der Waals surface area contributed by atoms with Crippen LogP contribution in [-0.2, 0) is 6.42 Å². The first-order valence-corrected chi connectivity index (χ1v) is 8.69. The van der Waals surface area contributed by atoms with Gasteiger partial charge in [0.05, 0.1) is 6.04 Å². The predicted octanol–water partition coefficient (Wildman–Crippen LogP) is 3.73. The molecule has 0 bridgehead atoms. The molecule has 1 aliphatic rings. The average molecular weight is 350 g/mol. The topological polar surface area (TPSA) is 70.7 Å². The van der Waals surface area contributed by atoms with E-state index in [1.807, 2.05) is 19.1 Å². The molecule has 1 atom stereocenters. The minimum absolute atomic E-state index is 0.0813. The first-order valence-electron chi connectivity index (χ1n) is 8.69. The molecule has 1 heterocycles. The van der Waals surface area contributed by atoms with Crippen molar-refractivity contribution < 1.29 is 9.18 Å². The number of nitrogens with one attached hydrogen (secondary N) is 2. The van der Waals surface area contributed by atoms with Crippen LogP contribution in [0.25, 0.3) is 11.4 Å². The first-order chi connectivity index (χ1) is 12.6. The minimum atomic E-state index is -0.228. The molecular formula is C20H19FN4O. The Kier molecular flexibility index (Phi) is 4.24. The SMILES string of the molecule is Cc1nc(-c2ccc(C(=O)NC3CCCc4cc(F)ccc43)cc2)n[nH]1. The predicted molar refractivity (Wildman–Crippen MR) is 96.1 cm³/mol. The number of amides is 1. The Balaban J connectivity index is 1.51. The van der Waals surface area contributed by atoms with Crippen molar-refractivity contribution in [3.8, 4) is 11.4 Å². The van der Waals surface area contributed by atoms with Gasteiger partial charge >= 0.3 is 0 Å². The number of benzene rings is 2. The van der Waals surface area contributed by atoms with Crippen LogP contribution < -0.4 is 5.32 Å². The molecule has 0 aliphatic heterocycles. The van der Waals surface area contributed by atoms with E-state index in [1.54, 1.807) is 24.3 Å². The Morgan fingerprint density at radius 1 is 1.23 bits per heavy atom. The monoisotopic (exact) mass is 350 g/mol. The molecule has 0 spiro atoms. The normalized spacial score (nSPS) is 16.2. The highest BCUT2D eigenvalue weighted by molar-refractivity contribution is 5.94. The molecule has 1 aliphatic carbocycles. The fourth-order valence-electron chi connectivity index (χ4n) is 3.42. The van der Waals surface area contributed by atoms with Crippen LogP contribution in [0.2, 0.25) is 0 Å². The summed E-state index contributed by atoms with van der Waals surface area (Å²) in [5.41, 5.74) is 3.43. The summed E-state index contributed by atoms with van der Waals surface area (Å²) in [5, 5.41) is 10.00. The molecular weight excluding hydrogens is 331 g/mol. The van der Waals surface area contributed by atoms with E-state index in [9.17, 15) is 9.18 Å². The lowest BCUT2D eigenvalue weighted by molar-refractivity contribution is 0.0933. The van der Waals surface area contributed by atoms with E-state index < -0.39 is 0 Å². The third-order valence-corrected chi connectivity index (χ3v) is 4.73. The quantitative estimate of drug-likeness (QED) is 0.756. The maximum absolute atomic E-state index is 13.4. The van der Waals surface area contributed by atoms with Crippen molar-refractivity contribution in [2.75, 3.05) is 0 Å². The lowest BCUT2D eigenvalue weighted by atomic mass is 9.87. The van der Waals surface area contributed by atoms with Crippen LogP contribution in [-0.4, -0.2) is 21.1 Å². The Bertz CT molecular complexity index is 949. The second kappa shape index (κ2) is 6.71. The molecule has 0 radical (unpaired) electrons. The molecule has 1 unspecified atom stereocenters. The van der Waals surface area contributed by atoms with E-state index >= 15 is 0 Å². The molecule has 0 saturated carbocycles. The number of rotatable bonds is 3. The maximum atomic E-state index is 13.4. The number of hydrogen-bond donors (Lipinski definition) is 2. The number of nitrogens with zero attached hydrogens (tertiary/aromatic N) is 2. The summed E-state index contributed by atoms with van der Waals surface area (Å²) in [6, 6.07) is 11.9. The summed E-state index contributed by atoms with van der Waals surface area (Å²) in [4.78, 5) is 16.9. The van der Waals surface area contributed by atoms with Crippen LogP contribution in [0, 0.1) is 12.7 Å². The number of hydrogen-bond acceptors (Lipinski definition) is 3. The van der Waals surface area contributed by atoms with E-state index in [0.29, 0.717) is 11.4 Å². The van der Waals surface area contributed by atoms with Crippen LogP contribution in [0.3, 0.4) is 0 Å². The highest BCUT2D eigenvalue weighted by Gasteiger charge is 2.22. The van der Waals surface area contributed by atoms with Crippen LogP contribution in [0.15, 0.2) is 42.5 Å². The largest absolute Gasteiger partial charge is 0.345 e. The molecule has 2 N–H and O–H groups in total. The van der Waals surface area contributed by atoms with Gasteiger partial charge in [0, 0.05) is 11.1 Å². The molecule has 3 aromatic rings. The lowest BCUT2D eigenvalue weighted by Crippen LogP contribution is -2.31. The summed E-state index contributed by atoms with van der Waals surface area (Å²) >= 11 is 0. The van der Waals surface area contributed by atoms with Crippen LogP contribution >= 0.6 is 0 Å². The summed E-state index contributed by atoms with van der Waals surface area (Å²) in [5.74, 6) is 0.991. The van der Waals surface area contributed by atoms with Crippen molar-refractivity contribution in [3.05, 3.63) is 70.8 Å². The van der Waals surface area contributed by atoms with E-state index in [2.05, 4.69) is 20.5 Å². The molecule has 132 valence electrons. The fraction of sp³-hybridized carbons (Fsp3) is 0.250. The number of carbonyl (C=O) groups is 1. The van der Waals surface area contributed by atoms with Crippen molar-refractivity contribution in [2.24, 2.45) is 0 Å². The van der Waals surface area contributed by atoms with Gasteiger partial charge in [-0.15, -0.1) is 0 Å². The van der Waals surface area contributed by atoms with Gasteiger partial charge in [-0.05, 0) is 61.6 Å². The summed E-state index contributed by atoms with van der Waals surface area (Å²) < 4.78 is 13.4. The Hall–Kier alpha value is -3.02. The zero-order chi connectivity index (χ0) is 18.1. The maximum Gasteiger partial charge on any atom is 0.251 e. The Labute approximate surface area is 150 Å². The van der Waals surface area contributed by atoms with E-state index in [0.717, 1.165) is 41.8 Å². The molecule has 26 heavy (non-hydrogen) atoms. The van der Waals surface area contributed by atoms with Gasteiger partial charge in [0.15, 0.2) is 5.82 Å². The van der Waals surface area contributed by atoms with E-state index in [-0.39, 0.29) is 17.8 Å². The minimum Gasteiger partial charge on any atom is -0.345 e. The molecule has 2 aromatic carbocycles. The molecule has 5 nitrogen and oxygen atoms in total. The highest BCUT2D eigenvalue weighted by atomic mass is 19.1. The summed E-state index contributed by atoms with van der Waals surface area (Å²) in [7, 11) is 0. The van der Waals surface area contributed by atoms with Gasteiger partial charge < -0.3 is 5.32 Å². The van der Waals surface area contributed by atoms with Crippen molar-refractivity contribution >= 4 is 5.91 Å². The molecule has 1 aromatic heterocycles. The van der Waals surface area contributed by atoms with Gasteiger partial charge in [0.2, 0.25) is 0 Å². The zero-order valence-electron chi connectivity index (χ0n) is 14.4. The lowest BCUT2D eigenvalue weighted by Gasteiger charge is -2.26. The summed E-state index contributed by atoms with van der Waals surface area (Å²) in [6.45, 7) is 1.84. The van der Waals surface area contributed by atoms with Gasteiger partial charge in [-0.2, -0.15) is 5.10 Å². The second-order valence-corrected chi connectivity index (χ2v) is 6.58. The first kappa shape index (κ1) is 16.4. The highest BCUT2D eigenvalue weighted by Crippen LogP contribution is 2.30. The third-order valence-electron chi connectivity index (χ3n) is 4.73. The van der Waals surface area contributed by atoms with Gasteiger partial charge in [-0.3, -0.25) is 9.89 Å². The molecule has 0 saturated heterocycles. The Morgan fingerprint density at radius 3 is 2.77 bits per heavy atom. The molecule has 0 fully saturated rings. The third kappa shape index (κ3) is 3.22. The summed E-state index contributed by atoms with van der Waals surface area (Å²) in [6.07, 6.45) is 2.65.